The minimum Gasteiger partial charge on any atom is -0.304 e. The van der Waals surface area contributed by atoms with Crippen molar-refractivity contribution in [2.24, 2.45) is 0 Å². The van der Waals surface area contributed by atoms with Crippen LogP contribution < -0.4 is 0 Å². The lowest BCUT2D eigenvalue weighted by atomic mass is 9.91. The second kappa shape index (κ2) is 14.1. The Morgan fingerprint density at radius 2 is 1.50 bits per heavy atom. The molecule has 0 radical (unpaired) electrons. The highest BCUT2D eigenvalue weighted by Gasteiger charge is 2.14. The van der Waals surface area contributed by atoms with E-state index in [1.54, 1.807) is 6.92 Å². The van der Waals surface area contributed by atoms with Gasteiger partial charge in [0, 0.05) is 39.1 Å². The van der Waals surface area contributed by atoms with E-state index >= 15 is 0 Å². The van der Waals surface area contributed by atoms with Gasteiger partial charge in [0.2, 0.25) is 0 Å². The van der Waals surface area contributed by atoms with E-state index in [9.17, 15) is 4.79 Å². The Bertz CT molecular complexity index is 1060. The van der Waals surface area contributed by atoms with E-state index in [1.165, 1.54) is 59.6 Å². The highest BCUT2D eigenvalue weighted by Crippen LogP contribution is 2.24. The Balaban J connectivity index is 0.000000223. The second-order valence-electron chi connectivity index (χ2n) is 10.3. The number of aryl methyl sites for hydroxylation is 2. The Labute approximate surface area is 219 Å². The highest BCUT2D eigenvalue weighted by atomic mass is 16.1. The smallest absolute Gasteiger partial charge is 0.130 e. The van der Waals surface area contributed by atoms with Crippen LogP contribution in [0.15, 0.2) is 72.8 Å². The van der Waals surface area contributed by atoms with E-state index in [0.717, 1.165) is 19.4 Å². The van der Waals surface area contributed by atoms with Crippen LogP contribution in [0.3, 0.4) is 0 Å². The zero-order valence-electron chi connectivity index (χ0n) is 23.0. The summed E-state index contributed by atoms with van der Waals surface area (Å²) in [6, 6.07) is 26.5. The number of nitrogens with zero attached hydrogens (tertiary/aromatic N) is 2. The molecular formula is C33H44N2O. The largest absolute Gasteiger partial charge is 0.304 e. The number of benzene rings is 3. The molecule has 3 aromatic rings. The molecule has 0 N–H and O–H groups in total. The SMILES string of the molecule is CCC(CC(C)=O)c1ccc(C)cc1.CCc1ccc(-c2cccc(CN3CCN(C)CC3)c2)cc1. The summed E-state index contributed by atoms with van der Waals surface area (Å²) in [7, 11) is 2.21. The second-order valence-corrected chi connectivity index (χ2v) is 10.3. The fourth-order valence-electron chi connectivity index (χ4n) is 4.73. The number of carbonyl (C=O) groups is 1. The summed E-state index contributed by atoms with van der Waals surface area (Å²) in [6.07, 6.45) is 2.80. The predicted molar refractivity (Wildman–Crippen MR) is 154 cm³/mol. The van der Waals surface area contributed by atoms with Crippen molar-refractivity contribution in [3.63, 3.8) is 0 Å². The van der Waals surface area contributed by atoms with Crippen molar-refractivity contribution < 1.29 is 4.79 Å². The molecule has 0 aliphatic carbocycles. The van der Waals surface area contributed by atoms with Gasteiger partial charge in [0.25, 0.3) is 0 Å². The minimum atomic E-state index is 0.275. The van der Waals surface area contributed by atoms with Gasteiger partial charge in [-0.05, 0) is 73.5 Å². The summed E-state index contributed by atoms with van der Waals surface area (Å²) in [4.78, 5) is 16.0. The third kappa shape index (κ3) is 8.72. The summed E-state index contributed by atoms with van der Waals surface area (Å²) in [6.45, 7) is 13.8. The monoisotopic (exact) mass is 484 g/mol. The number of carbonyl (C=O) groups excluding carboxylic acids is 1. The molecule has 0 bridgehead atoms. The average molecular weight is 485 g/mol. The molecule has 1 saturated heterocycles. The molecular weight excluding hydrogens is 440 g/mol. The van der Waals surface area contributed by atoms with Crippen molar-refractivity contribution in [2.75, 3.05) is 33.2 Å². The normalized spacial score (nSPS) is 15.1. The molecule has 36 heavy (non-hydrogen) atoms. The van der Waals surface area contributed by atoms with E-state index in [4.69, 9.17) is 0 Å². The Kier molecular flexibility index (Phi) is 10.9. The summed E-state index contributed by atoms with van der Waals surface area (Å²) < 4.78 is 0. The first kappa shape index (κ1) is 27.8. The predicted octanol–water partition coefficient (Wildman–Crippen LogP) is 7.13. The van der Waals surface area contributed by atoms with E-state index < -0.39 is 0 Å². The topological polar surface area (TPSA) is 23.6 Å². The van der Waals surface area contributed by atoms with Crippen LogP contribution in [0.25, 0.3) is 11.1 Å². The molecule has 1 unspecified atom stereocenters. The van der Waals surface area contributed by atoms with Gasteiger partial charge < -0.3 is 9.69 Å². The molecule has 3 aromatic carbocycles. The molecule has 0 spiro atoms. The van der Waals surface area contributed by atoms with Crippen LogP contribution in [-0.2, 0) is 17.8 Å². The molecule has 1 atom stereocenters. The van der Waals surface area contributed by atoms with Gasteiger partial charge in [0.15, 0.2) is 0 Å². The van der Waals surface area contributed by atoms with Crippen LogP contribution in [0, 0.1) is 6.92 Å². The number of Topliss-reactive ketones (excluding diaryl/α,β-unsaturated/α-hetero) is 1. The summed E-state index contributed by atoms with van der Waals surface area (Å²) in [5, 5.41) is 0. The standard InChI is InChI=1S/C20H26N2.C13H18O/c1-3-17-7-9-19(10-8-17)20-6-4-5-18(15-20)16-22-13-11-21(2)12-14-22;1-4-12(9-11(3)14)13-7-5-10(2)6-8-13/h4-10,15H,3,11-14,16H2,1-2H3;5-8,12H,4,9H2,1-3H3. The van der Waals surface area contributed by atoms with Crippen LogP contribution in [0.5, 0.6) is 0 Å². The third-order valence-electron chi connectivity index (χ3n) is 7.20. The lowest BCUT2D eigenvalue weighted by Crippen LogP contribution is -2.43. The maximum absolute atomic E-state index is 11.1. The van der Waals surface area contributed by atoms with E-state index in [-0.39, 0.29) is 5.78 Å². The van der Waals surface area contributed by atoms with Crippen LogP contribution in [0.1, 0.15) is 61.8 Å². The fraction of sp³-hybridized carbons (Fsp3) is 0.424. The Morgan fingerprint density at radius 3 is 2.08 bits per heavy atom. The number of rotatable bonds is 8. The lowest BCUT2D eigenvalue weighted by Gasteiger charge is -2.32. The Hall–Kier alpha value is -2.75. The first-order chi connectivity index (χ1) is 17.4. The first-order valence-corrected chi connectivity index (χ1v) is 13.5. The number of hydrogen-bond donors (Lipinski definition) is 0. The quantitative estimate of drug-likeness (QED) is 0.340. The number of piperazine rings is 1. The number of likely N-dealkylation sites (N-methyl/N-ethyl adjacent to an activating group) is 1. The van der Waals surface area contributed by atoms with Crippen LogP contribution >= 0.6 is 0 Å². The molecule has 192 valence electrons. The van der Waals surface area contributed by atoms with Crippen molar-refractivity contribution in [2.45, 2.75) is 59.4 Å². The summed E-state index contributed by atoms with van der Waals surface area (Å²) in [5.41, 5.74) is 8.02. The van der Waals surface area contributed by atoms with Crippen LogP contribution in [0.2, 0.25) is 0 Å². The fourth-order valence-corrected chi connectivity index (χ4v) is 4.73. The van der Waals surface area contributed by atoms with Crippen molar-refractivity contribution in [3.05, 3.63) is 95.1 Å². The van der Waals surface area contributed by atoms with E-state index in [2.05, 4.69) is 110 Å². The highest BCUT2D eigenvalue weighted by molar-refractivity contribution is 5.76. The molecule has 1 fully saturated rings. The minimum absolute atomic E-state index is 0.275. The molecule has 1 aliphatic heterocycles. The van der Waals surface area contributed by atoms with E-state index in [1.807, 2.05) is 0 Å². The maximum atomic E-state index is 11.1. The van der Waals surface area contributed by atoms with Gasteiger partial charge in [-0.25, -0.2) is 0 Å². The van der Waals surface area contributed by atoms with Crippen molar-refractivity contribution >= 4 is 5.78 Å². The van der Waals surface area contributed by atoms with Gasteiger partial charge >= 0.3 is 0 Å². The van der Waals surface area contributed by atoms with Gasteiger partial charge in [-0.3, -0.25) is 4.90 Å². The third-order valence-corrected chi connectivity index (χ3v) is 7.20. The molecule has 4 rings (SSSR count). The number of ketones is 1. The van der Waals surface area contributed by atoms with Gasteiger partial charge in [-0.1, -0.05) is 86.1 Å². The van der Waals surface area contributed by atoms with Crippen molar-refractivity contribution in [1.29, 1.82) is 0 Å². The molecule has 0 aromatic heterocycles. The lowest BCUT2D eigenvalue weighted by molar-refractivity contribution is -0.117. The zero-order chi connectivity index (χ0) is 25.9. The Morgan fingerprint density at radius 1 is 0.833 bits per heavy atom. The molecule has 1 heterocycles. The molecule has 1 aliphatic rings. The van der Waals surface area contributed by atoms with Gasteiger partial charge in [0.05, 0.1) is 0 Å². The van der Waals surface area contributed by atoms with Crippen LogP contribution in [0.4, 0.5) is 0 Å². The molecule has 3 nitrogen and oxygen atoms in total. The first-order valence-electron chi connectivity index (χ1n) is 13.5. The molecule has 3 heteroatoms. The van der Waals surface area contributed by atoms with Crippen molar-refractivity contribution in [3.8, 4) is 11.1 Å². The summed E-state index contributed by atoms with van der Waals surface area (Å²) in [5.74, 6) is 0.672. The van der Waals surface area contributed by atoms with Crippen molar-refractivity contribution in [1.82, 2.24) is 9.80 Å². The van der Waals surface area contributed by atoms with Crippen LogP contribution in [-0.4, -0.2) is 48.8 Å². The average Bonchev–Trinajstić information content (AvgIpc) is 2.90. The maximum Gasteiger partial charge on any atom is 0.130 e. The number of hydrogen-bond acceptors (Lipinski definition) is 3. The molecule has 0 saturated carbocycles. The van der Waals surface area contributed by atoms with Gasteiger partial charge in [0.1, 0.15) is 5.78 Å². The summed E-state index contributed by atoms with van der Waals surface area (Å²) >= 11 is 0. The molecule has 0 amide bonds. The van der Waals surface area contributed by atoms with E-state index in [0.29, 0.717) is 12.3 Å². The zero-order valence-corrected chi connectivity index (χ0v) is 23.0. The van der Waals surface area contributed by atoms with Gasteiger partial charge in [-0.2, -0.15) is 0 Å². The van der Waals surface area contributed by atoms with Gasteiger partial charge in [-0.15, -0.1) is 0 Å².